The standard InChI is InChI=1S/C17H35NO3/c1-4-5-6-7-8-9-10-11-12-13-14-21-16-18(2,3)15-17(19)20/h4-16H2,1-3H3. The van der Waals surface area contributed by atoms with Gasteiger partial charge in [-0.1, -0.05) is 64.7 Å². The van der Waals surface area contributed by atoms with Crippen molar-refractivity contribution in [2.24, 2.45) is 0 Å². The second-order valence-corrected chi connectivity index (χ2v) is 6.69. The molecule has 0 atom stereocenters. The van der Waals surface area contributed by atoms with Crippen molar-refractivity contribution in [2.45, 2.75) is 71.1 Å². The predicted molar refractivity (Wildman–Crippen MR) is 84.6 cm³/mol. The van der Waals surface area contributed by atoms with Gasteiger partial charge in [-0.25, -0.2) is 0 Å². The van der Waals surface area contributed by atoms with Gasteiger partial charge in [0.25, 0.3) is 0 Å². The fourth-order valence-electron chi connectivity index (χ4n) is 2.40. The lowest BCUT2D eigenvalue weighted by atomic mass is 10.1. The second kappa shape index (κ2) is 13.1. The van der Waals surface area contributed by atoms with Crippen molar-refractivity contribution in [3.05, 3.63) is 0 Å². The van der Waals surface area contributed by atoms with Crippen molar-refractivity contribution >= 4 is 5.97 Å². The molecule has 4 heteroatoms. The van der Waals surface area contributed by atoms with Crippen molar-refractivity contribution in [3.63, 3.8) is 0 Å². The van der Waals surface area contributed by atoms with Crippen molar-refractivity contribution in [1.82, 2.24) is 0 Å². The Kier molecular flexibility index (Phi) is 12.7. The van der Waals surface area contributed by atoms with Gasteiger partial charge in [-0.3, -0.25) is 0 Å². The van der Waals surface area contributed by atoms with E-state index in [4.69, 9.17) is 4.74 Å². The zero-order chi connectivity index (χ0) is 16.0. The molecule has 4 nitrogen and oxygen atoms in total. The van der Waals surface area contributed by atoms with E-state index < -0.39 is 5.97 Å². The molecule has 0 aliphatic heterocycles. The second-order valence-electron chi connectivity index (χ2n) is 6.69. The number of rotatable bonds is 15. The molecule has 0 aromatic heterocycles. The Hall–Kier alpha value is -0.610. The number of aliphatic carboxylic acids is 1. The highest BCUT2D eigenvalue weighted by Gasteiger charge is 2.14. The van der Waals surface area contributed by atoms with Gasteiger partial charge in [0.15, 0.2) is 6.73 Å². The van der Waals surface area contributed by atoms with Gasteiger partial charge in [-0.15, -0.1) is 0 Å². The summed E-state index contributed by atoms with van der Waals surface area (Å²) in [6.45, 7) is 3.41. The molecule has 0 aliphatic rings. The molecule has 0 aromatic rings. The monoisotopic (exact) mass is 301 g/mol. The molecule has 0 amide bonds. The fraction of sp³-hybridized carbons (Fsp3) is 0.941. The third-order valence-corrected chi connectivity index (χ3v) is 3.64. The van der Waals surface area contributed by atoms with E-state index in [2.05, 4.69) is 6.92 Å². The van der Waals surface area contributed by atoms with Gasteiger partial charge in [-0.05, 0) is 6.42 Å². The minimum absolute atomic E-state index is 0.00195. The van der Waals surface area contributed by atoms with Crippen LogP contribution in [0.2, 0.25) is 0 Å². The van der Waals surface area contributed by atoms with E-state index in [-0.39, 0.29) is 6.54 Å². The van der Waals surface area contributed by atoms with E-state index in [9.17, 15) is 9.90 Å². The first-order valence-electron chi connectivity index (χ1n) is 8.57. The Morgan fingerprint density at radius 1 is 0.905 bits per heavy atom. The number of unbranched alkanes of at least 4 members (excludes halogenated alkanes) is 9. The number of carbonyl (C=O) groups is 1. The molecular formula is C17H35NO3. The van der Waals surface area contributed by atoms with Crippen molar-refractivity contribution in [1.29, 1.82) is 0 Å². The summed E-state index contributed by atoms with van der Waals surface area (Å²) in [5.74, 6) is -1.03. The van der Waals surface area contributed by atoms with Crippen LogP contribution < -0.4 is 5.11 Å². The third-order valence-electron chi connectivity index (χ3n) is 3.64. The van der Waals surface area contributed by atoms with Crippen LogP contribution in [0.4, 0.5) is 0 Å². The third kappa shape index (κ3) is 15.6. The van der Waals surface area contributed by atoms with Crippen LogP contribution >= 0.6 is 0 Å². The quantitative estimate of drug-likeness (QED) is 0.265. The van der Waals surface area contributed by atoms with Crippen LogP contribution in [0.1, 0.15) is 71.1 Å². The van der Waals surface area contributed by atoms with Crippen LogP contribution in [0.3, 0.4) is 0 Å². The number of nitrogens with zero attached hydrogens (tertiary/aromatic N) is 1. The predicted octanol–water partition coefficient (Wildman–Crippen LogP) is 2.71. The van der Waals surface area contributed by atoms with Gasteiger partial charge in [-0.2, -0.15) is 0 Å². The average molecular weight is 301 g/mol. The number of carbonyl (C=O) groups excluding carboxylic acids is 1. The maximum atomic E-state index is 10.6. The number of carboxylic acid groups (broad SMARTS) is 1. The highest BCUT2D eigenvalue weighted by atomic mass is 16.5. The van der Waals surface area contributed by atoms with Crippen molar-refractivity contribution < 1.29 is 19.1 Å². The molecule has 0 spiro atoms. The minimum Gasteiger partial charge on any atom is -0.544 e. The molecule has 0 heterocycles. The summed E-state index contributed by atoms with van der Waals surface area (Å²) < 4.78 is 5.87. The first-order valence-corrected chi connectivity index (χ1v) is 8.57. The SMILES string of the molecule is CCCCCCCCCCCCOC[N+](C)(C)CC(=O)[O-]. The summed E-state index contributed by atoms with van der Waals surface area (Å²) in [6.07, 6.45) is 13.1. The highest BCUT2D eigenvalue weighted by Crippen LogP contribution is 2.10. The molecule has 0 aromatic carbocycles. The molecular weight excluding hydrogens is 266 g/mol. The minimum atomic E-state index is -1.03. The number of quaternary nitrogens is 1. The Labute approximate surface area is 131 Å². The van der Waals surface area contributed by atoms with Gasteiger partial charge in [0.2, 0.25) is 0 Å². The molecule has 0 saturated heterocycles. The van der Waals surface area contributed by atoms with Gasteiger partial charge < -0.3 is 19.1 Å². The van der Waals surface area contributed by atoms with Crippen LogP contribution in [-0.4, -0.2) is 44.4 Å². The molecule has 0 bridgehead atoms. The summed E-state index contributed by atoms with van der Waals surface area (Å²) in [4.78, 5) is 10.6. The molecule has 0 fully saturated rings. The van der Waals surface area contributed by atoms with E-state index in [1.54, 1.807) is 0 Å². The summed E-state index contributed by atoms with van der Waals surface area (Å²) in [5.41, 5.74) is 0. The van der Waals surface area contributed by atoms with E-state index in [1.807, 2.05) is 14.1 Å². The van der Waals surface area contributed by atoms with E-state index in [1.165, 1.54) is 57.8 Å². The Bertz CT molecular complexity index is 254. The lowest BCUT2D eigenvalue weighted by molar-refractivity contribution is -0.904. The summed E-state index contributed by atoms with van der Waals surface area (Å²) in [7, 11) is 3.68. The molecule has 0 N–H and O–H groups in total. The van der Waals surface area contributed by atoms with Crippen LogP contribution in [0, 0.1) is 0 Å². The molecule has 0 rings (SSSR count). The maximum Gasteiger partial charge on any atom is 0.183 e. The molecule has 0 unspecified atom stereocenters. The summed E-state index contributed by atoms with van der Waals surface area (Å²) >= 11 is 0. The van der Waals surface area contributed by atoms with E-state index in [0.29, 0.717) is 11.2 Å². The van der Waals surface area contributed by atoms with Crippen LogP contribution in [0.25, 0.3) is 0 Å². The number of carboxylic acids is 1. The molecule has 0 saturated carbocycles. The maximum absolute atomic E-state index is 10.6. The van der Waals surface area contributed by atoms with Gasteiger partial charge in [0.05, 0.1) is 26.7 Å². The molecule has 21 heavy (non-hydrogen) atoms. The van der Waals surface area contributed by atoms with Crippen LogP contribution in [0.5, 0.6) is 0 Å². The first kappa shape index (κ1) is 20.4. The van der Waals surface area contributed by atoms with E-state index in [0.717, 1.165) is 13.0 Å². The summed E-state index contributed by atoms with van der Waals surface area (Å²) in [6, 6.07) is 0. The lowest BCUT2D eigenvalue weighted by Gasteiger charge is -2.29. The van der Waals surface area contributed by atoms with Crippen LogP contribution in [-0.2, 0) is 9.53 Å². The van der Waals surface area contributed by atoms with Crippen LogP contribution in [0.15, 0.2) is 0 Å². The lowest BCUT2D eigenvalue weighted by Crippen LogP contribution is -2.49. The van der Waals surface area contributed by atoms with Gasteiger partial charge in [0.1, 0.15) is 6.54 Å². The number of hydrogen-bond donors (Lipinski definition) is 0. The van der Waals surface area contributed by atoms with Crippen molar-refractivity contribution in [3.8, 4) is 0 Å². The van der Waals surface area contributed by atoms with Crippen molar-refractivity contribution in [2.75, 3.05) is 34.0 Å². The Morgan fingerprint density at radius 3 is 1.86 bits per heavy atom. The summed E-state index contributed by atoms with van der Waals surface area (Å²) in [5, 5.41) is 10.6. The zero-order valence-corrected chi connectivity index (χ0v) is 14.4. The largest absolute Gasteiger partial charge is 0.544 e. The fourth-order valence-corrected chi connectivity index (χ4v) is 2.40. The van der Waals surface area contributed by atoms with Gasteiger partial charge in [0, 0.05) is 0 Å². The van der Waals surface area contributed by atoms with Gasteiger partial charge >= 0.3 is 0 Å². The number of hydrogen-bond acceptors (Lipinski definition) is 3. The number of likely N-dealkylation sites (N-methyl/N-ethyl adjacent to an activating group) is 1. The number of ether oxygens (including phenoxy) is 1. The molecule has 0 aliphatic carbocycles. The molecule has 126 valence electrons. The Balaban J connectivity index is 3.24. The normalized spacial score (nSPS) is 11.8. The molecule has 0 radical (unpaired) electrons. The zero-order valence-electron chi connectivity index (χ0n) is 14.4. The highest BCUT2D eigenvalue weighted by molar-refractivity contribution is 5.65. The Morgan fingerprint density at radius 2 is 1.38 bits per heavy atom. The average Bonchev–Trinajstić information content (AvgIpc) is 2.38. The topological polar surface area (TPSA) is 49.4 Å². The van der Waals surface area contributed by atoms with E-state index >= 15 is 0 Å². The first-order chi connectivity index (χ1) is 9.98. The smallest absolute Gasteiger partial charge is 0.183 e.